The molecule has 2 heteroatoms. The molecule has 0 atom stereocenters. The maximum atomic E-state index is 4.54. The van der Waals surface area contributed by atoms with Crippen molar-refractivity contribution in [1.29, 1.82) is 0 Å². The smallest absolute Gasteiger partial charge is 0.182 e. The Morgan fingerprint density at radius 2 is 2.31 bits per heavy atom. The Labute approximate surface area is 96.7 Å². The van der Waals surface area contributed by atoms with Crippen LogP contribution in [0.2, 0.25) is 0 Å². The zero-order valence-corrected chi connectivity index (χ0v) is 9.58. The third kappa shape index (κ3) is 2.93. The number of aliphatic imine (C=N–C) groups is 1. The van der Waals surface area contributed by atoms with Gasteiger partial charge in [-0.25, -0.2) is 4.58 Å². The van der Waals surface area contributed by atoms with E-state index in [1.54, 1.807) is 0 Å². The van der Waals surface area contributed by atoms with E-state index >= 15 is 0 Å². The normalized spacial score (nSPS) is 20.1. The first kappa shape index (κ1) is 10.9. The predicted molar refractivity (Wildman–Crippen MR) is 67.3 cm³/mol. The Hall–Kier alpha value is -1.62. The predicted octanol–water partition coefficient (Wildman–Crippen LogP) is 2.48. The fourth-order valence-corrected chi connectivity index (χ4v) is 1.87. The van der Waals surface area contributed by atoms with Crippen molar-refractivity contribution in [3.63, 3.8) is 0 Å². The number of rotatable bonds is 2. The molecule has 0 N–H and O–H groups in total. The molecule has 2 aliphatic heterocycles. The molecule has 2 rings (SSSR count). The summed E-state index contributed by atoms with van der Waals surface area (Å²) in [7, 11) is 0. The number of hydrogen-bond donors (Lipinski definition) is 0. The first-order valence-electron chi connectivity index (χ1n) is 5.82. The molecule has 82 valence electrons. The van der Waals surface area contributed by atoms with E-state index in [1.807, 2.05) is 12.2 Å². The van der Waals surface area contributed by atoms with Crippen molar-refractivity contribution in [2.45, 2.75) is 25.7 Å². The molecule has 0 bridgehead atoms. The van der Waals surface area contributed by atoms with Crippen LogP contribution >= 0.6 is 0 Å². The van der Waals surface area contributed by atoms with Crippen molar-refractivity contribution in [2.75, 3.05) is 13.1 Å². The summed E-state index contributed by atoms with van der Waals surface area (Å²) in [6.45, 7) is 5.95. The highest BCUT2D eigenvalue weighted by atomic mass is 15.0. The molecule has 2 aliphatic rings. The third-order valence-corrected chi connectivity index (χ3v) is 2.79. The second kappa shape index (κ2) is 5.46. The minimum atomic E-state index is 0.852. The highest BCUT2D eigenvalue weighted by Crippen LogP contribution is 2.13. The lowest BCUT2D eigenvalue weighted by Gasteiger charge is -2.10. The van der Waals surface area contributed by atoms with E-state index in [2.05, 4.69) is 33.8 Å². The molecule has 0 aromatic carbocycles. The minimum absolute atomic E-state index is 0.852. The molecule has 0 aliphatic carbocycles. The Morgan fingerprint density at radius 3 is 3.19 bits per heavy atom. The third-order valence-electron chi connectivity index (χ3n) is 2.79. The van der Waals surface area contributed by atoms with Gasteiger partial charge in [0.2, 0.25) is 0 Å². The van der Waals surface area contributed by atoms with Crippen LogP contribution in [0.25, 0.3) is 0 Å². The highest BCUT2D eigenvalue weighted by molar-refractivity contribution is 5.96. The van der Waals surface area contributed by atoms with Crippen molar-refractivity contribution in [3.05, 3.63) is 35.4 Å². The van der Waals surface area contributed by atoms with Crippen molar-refractivity contribution >= 4 is 12.4 Å². The van der Waals surface area contributed by atoms with Crippen LogP contribution in [-0.2, 0) is 0 Å². The van der Waals surface area contributed by atoms with Gasteiger partial charge in [-0.3, -0.25) is 4.99 Å². The van der Waals surface area contributed by atoms with E-state index in [9.17, 15) is 0 Å². The number of nitrogens with zero attached hydrogens (tertiary/aromatic N) is 2. The first-order valence-corrected chi connectivity index (χ1v) is 5.82. The summed E-state index contributed by atoms with van der Waals surface area (Å²) in [5.74, 6) is 0. The van der Waals surface area contributed by atoms with Crippen LogP contribution < -0.4 is 0 Å². The molecule has 16 heavy (non-hydrogen) atoms. The van der Waals surface area contributed by atoms with Crippen molar-refractivity contribution < 1.29 is 4.58 Å². The molecule has 2 heterocycles. The van der Waals surface area contributed by atoms with E-state index in [0.29, 0.717) is 0 Å². The van der Waals surface area contributed by atoms with E-state index in [-0.39, 0.29) is 0 Å². The van der Waals surface area contributed by atoms with Gasteiger partial charge < -0.3 is 0 Å². The van der Waals surface area contributed by atoms with Crippen molar-refractivity contribution in [3.8, 4) is 0 Å². The number of allylic oxidation sites excluding steroid dienone is 3. The lowest BCUT2D eigenvalue weighted by molar-refractivity contribution is -0.474. The Kier molecular flexibility index (Phi) is 3.71. The monoisotopic (exact) mass is 213 g/mol. The standard InChI is InChI=1S/C14H17N2/c1-16-11-7-5-9-14(16)12-13-8-4-2-3-6-10-15-13/h3,8-9H,1,5-7,10-12H2/q+1. The summed E-state index contributed by atoms with van der Waals surface area (Å²) < 4.78 is 2.08. The average Bonchev–Trinajstić information content (AvgIpc) is 2.24. The SMILES string of the molecule is C=[N+]1CCCC=C1CC1=NCCC=C=C=C1. The van der Waals surface area contributed by atoms with Gasteiger partial charge in [0.15, 0.2) is 5.70 Å². The van der Waals surface area contributed by atoms with E-state index in [0.717, 1.165) is 38.1 Å². The molecule has 0 aromatic heterocycles. The van der Waals surface area contributed by atoms with Gasteiger partial charge in [-0.05, 0) is 25.0 Å². The Morgan fingerprint density at radius 1 is 1.38 bits per heavy atom. The maximum absolute atomic E-state index is 4.54. The average molecular weight is 213 g/mol. The first-order chi connectivity index (χ1) is 7.86. The fraction of sp³-hybridized carbons (Fsp3) is 0.429. The van der Waals surface area contributed by atoms with Crippen LogP contribution in [0.5, 0.6) is 0 Å². The van der Waals surface area contributed by atoms with Crippen LogP contribution in [0.15, 0.2) is 40.4 Å². The largest absolute Gasteiger partial charge is 0.288 e. The molecule has 0 aromatic rings. The molecule has 0 saturated carbocycles. The molecule has 2 nitrogen and oxygen atoms in total. The Bertz CT molecular complexity index is 439. The van der Waals surface area contributed by atoms with Crippen LogP contribution in [0.3, 0.4) is 0 Å². The zero-order valence-electron chi connectivity index (χ0n) is 9.58. The van der Waals surface area contributed by atoms with E-state index in [1.165, 1.54) is 12.1 Å². The van der Waals surface area contributed by atoms with Crippen LogP contribution in [0, 0.1) is 0 Å². The van der Waals surface area contributed by atoms with Gasteiger partial charge in [0.1, 0.15) is 13.3 Å². The lowest BCUT2D eigenvalue weighted by Crippen LogP contribution is -2.17. The molecule has 0 saturated heterocycles. The van der Waals surface area contributed by atoms with Gasteiger partial charge in [-0.15, -0.1) is 0 Å². The minimum Gasteiger partial charge on any atom is -0.288 e. The Balaban J connectivity index is 2.11. The second-order valence-corrected chi connectivity index (χ2v) is 4.08. The second-order valence-electron chi connectivity index (χ2n) is 4.08. The fourth-order valence-electron chi connectivity index (χ4n) is 1.87. The van der Waals surface area contributed by atoms with Crippen LogP contribution in [-0.4, -0.2) is 30.1 Å². The van der Waals surface area contributed by atoms with E-state index in [4.69, 9.17) is 0 Å². The molecule has 0 amide bonds. The van der Waals surface area contributed by atoms with Gasteiger partial charge in [0, 0.05) is 19.0 Å². The molecule has 0 spiro atoms. The van der Waals surface area contributed by atoms with Crippen LogP contribution in [0.4, 0.5) is 0 Å². The molecule has 0 unspecified atom stereocenters. The zero-order chi connectivity index (χ0) is 11.2. The molecule has 0 fully saturated rings. The maximum Gasteiger partial charge on any atom is 0.182 e. The van der Waals surface area contributed by atoms with E-state index < -0.39 is 0 Å². The van der Waals surface area contributed by atoms with Gasteiger partial charge in [-0.1, -0.05) is 11.5 Å². The van der Waals surface area contributed by atoms with Gasteiger partial charge >= 0.3 is 0 Å². The summed E-state index contributed by atoms with van der Waals surface area (Å²) in [4.78, 5) is 4.54. The number of hydrogen-bond acceptors (Lipinski definition) is 1. The molecular formula is C14H17N2+. The summed E-state index contributed by atoms with van der Waals surface area (Å²) in [5, 5.41) is 0. The lowest BCUT2D eigenvalue weighted by atomic mass is 10.1. The van der Waals surface area contributed by atoms with Gasteiger partial charge in [-0.2, -0.15) is 0 Å². The highest BCUT2D eigenvalue weighted by Gasteiger charge is 2.16. The van der Waals surface area contributed by atoms with Gasteiger partial charge in [0.05, 0.1) is 12.1 Å². The molecule has 0 radical (unpaired) electrons. The van der Waals surface area contributed by atoms with Crippen molar-refractivity contribution in [2.24, 2.45) is 4.99 Å². The quantitative estimate of drug-likeness (QED) is 0.494. The topological polar surface area (TPSA) is 15.4 Å². The van der Waals surface area contributed by atoms with Crippen LogP contribution in [0.1, 0.15) is 25.7 Å². The summed E-state index contributed by atoms with van der Waals surface area (Å²) in [6, 6.07) is 0. The summed E-state index contributed by atoms with van der Waals surface area (Å²) >= 11 is 0. The van der Waals surface area contributed by atoms with Crippen molar-refractivity contribution in [1.82, 2.24) is 0 Å². The van der Waals surface area contributed by atoms with Gasteiger partial charge in [0.25, 0.3) is 0 Å². The summed E-state index contributed by atoms with van der Waals surface area (Å²) in [6.07, 6.45) is 10.4. The summed E-state index contributed by atoms with van der Waals surface area (Å²) in [5.41, 5.74) is 8.39. The molecular weight excluding hydrogens is 196 g/mol.